The molecule has 8 heteroatoms. The number of alkyl halides is 3. The second kappa shape index (κ2) is 7.29. The van der Waals surface area contributed by atoms with Gasteiger partial charge >= 0.3 is 6.18 Å². The van der Waals surface area contributed by atoms with Crippen LogP contribution in [0.25, 0.3) is 0 Å². The van der Waals surface area contributed by atoms with Crippen LogP contribution in [0.3, 0.4) is 0 Å². The van der Waals surface area contributed by atoms with Gasteiger partial charge in [0.05, 0.1) is 11.1 Å². The van der Waals surface area contributed by atoms with Crippen molar-refractivity contribution in [3.8, 4) is 0 Å². The molecular formula is C16H17F3N4O. The van der Waals surface area contributed by atoms with Crippen LogP contribution in [0.1, 0.15) is 36.2 Å². The molecule has 1 amide bonds. The number of nitrogens with zero attached hydrogens (tertiary/aromatic N) is 2. The Bertz CT molecular complexity index is 701. The lowest BCUT2D eigenvalue weighted by molar-refractivity contribution is -0.137. The molecule has 1 aromatic carbocycles. The molecule has 2 rings (SSSR count). The molecule has 5 nitrogen and oxygen atoms in total. The summed E-state index contributed by atoms with van der Waals surface area (Å²) in [5.41, 5.74) is -0.274. The van der Waals surface area contributed by atoms with Gasteiger partial charge < -0.3 is 10.6 Å². The third-order valence-electron chi connectivity index (χ3n) is 3.35. The Hall–Kier alpha value is -2.64. The molecule has 128 valence electrons. The minimum Gasteiger partial charge on any atom is -0.350 e. The molecule has 0 saturated carbocycles. The van der Waals surface area contributed by atoms with E-state index in [0.29, 0.717) is 0 Å². The van der Waals surface area contributed by atoms with Crippen LogP contribution in [-0.4, -0.2) is 21.9 Å². The Morgan fingerprint density at radius 1 is 1.25 bits per heavy atom. The van der Waals surface area contributed by atoms with E-state index in [1.165, 1.54) is 24.5 Å². The highest BCUT2D eigenvalue weighted by molar-refractivity contribution is 5.93. The van der Waals surface area contributed by atoms with Crippen molar-refractivity contribution < 1.29 is 18.0 Å². The van der Waals surface area contributed by atoms with Crippen LogP contribution in [0.5, 0.6) is 0 Å². The van der Waals surface area contributed by atoms with Gasteiger partial charge in [0.25, 0.3) is 5.91 Å². The molecule has 0 aliphatic heterocycles. The van der Waals surface area contributed by atoms with Gasteiger partial charge in [0, 0.05) is 24.1 Å². The highest BCUT2D eigenvalue weighted by Gasteiger charge is 2.30. The lowest BCUT2D eigenvalue weighted by atomic mass is 10.2. The Balaban J connectivity index is 2.08. The van der Waals surface area contributed by atoms with Gasteiger partial charge in [-0.3, -0.25) is 4.79 Å². The Kier molecular flexibility index (Phi) is 5.38. The highest BCUT2D eigenvalue weighted by Crippen LogP contribution is 2.31. The molecule has 0 aliphatic rings. The number of rotatable bonds is 5. The van der Waals surface area contributed by atoms with Crippen molar-refractivity contribution >= 4 is 17.5 Å². The summed E-state index contributed by atoms with van der Waals surface area (Å²) < 4.78 is 38.0. The molecule has 1 unspecified atom stereocenters. The zero-order valence-electron chi connectivity index (χ0n) is 13.2. The first kappa shape index (κ1) is 17.7. The first-order chi connectivity index (χ1) is 11.3. The van der Waals surface area contributed by atoms with E-state index in [9.17, 15) is 18.0 Å². The number of halogens is 3. The third-order valence-corrected chi connectivity index (χ3v) is 3.35. The number of hydrogen-bond acceptors (Lipinski definition) is 4. The minimum atomic E-state index is -4.42. The van der Waals surface area contributed by atoms with Crippen LogP contribution >= 0.6 is 0 Å². The summed E-state index contributed by atoms with van der Waals surface area (Å²) in [4.78, 5) is 19.8. The summed E-state index contributed by atoms with van der Waals surface area (Å²) in [6.07, 6.45) is -0.987. The van der Waals surface area contributed by atoms with Crippen LogP contribution in [-0.2, 0) is 6.18 Å². The Morgan fingerprint density at radius 2 is 1.92 bits per heavy atom. The topological polar surface area (TPSA) is 66.9 Å². The van der Waals surface area contributed by atoms with E-state index in [0.717, 1.165) is 18.6 Å². The zero-order chi connectivity index (χ0) is 17.7. The SMILES string of the molecule is CCC(C)NC(=O)c1cnc(Nc2cccc(C(F)(F)F)c2)nc1. The van der Waals surface area contributed by atoms with Crippen molar-refractivity contribution in [3.63, 3.8) is 0 Å². The highest BCUT2D eigenvalue weighted by atomic mass is 19.4. The summed E-state index contributed by atoms with van der Waals surface area (Å²) in [5.74, 6) is -0.190. The van der Waals surface area contributed by atoms with E-state index in [4.69, 9.17) is 0 Å². The number of anilines is 2. The van der Waals surface area contributed by atoms with Crippen LogP contribution in [0.15, 0.2) is 36.7 Å². The number of benzene rings is 1. The van der Waals surface area contributed by atoms with E-state index in [2.05, 4.69) is 20.6 Å². The Morgan fingerprint density at radius 3 is 2.50 bits per heavy atom. The number of hydrogen-bond donors (Lipinski definition) is 2. The van der Waals surface area contributed by atoms with Crippen LogP contribution < -0.4 is 10.6 Å². The van der Waals surface area contributed by atoms with Gasteiger partial charge in [0.15, 0.2) is 0 Å². The Labute approximate surface area is 137 Å². The summed E-state index contributed by atoms with van der Waals surface area (Å²) in [6, 6.07) is 4.74. The van der Waals surface area contributed by atoms with Crippen LogP contribution in [0.4, 0.5) is 24.8 Å². The van der Waals surface area contributed by atoms with Gasteiger partial charge in [-0.2, -0.15) is 13.2 Å². The van der Waals surface area contributed by atoms with Gasteiger partial charge in [0.1, 0.15) is 0 Å². The average molecular weight is 338 g/mol. The van der Waals surface area contributed by atoms with Gasteiger partial charge in [-0.15, -0.1) is 0 Å². The predicted octanol–water partition coefficient (Wildman–Crippen LogP) is 3.77. The summed E-state index contributed by atoms with van der Waals surface area (Å²) >= 11 is 0. The van der Waals surface area contributed by atoms with Crippen molar-refractivity contribution in [2.24, 2.45) is 0 Å². The summed E-state index contributed by atoms with van der Waals surface area (Å²) in [5, 5.41) is 5.46. The molecule has 0 spiro atoms. The first-order valence-electron chi connectivity index (χ1n) is 7.36. The lowest BCUT2D eigenvalue weighted by Crippen LogP contribution is -2.32. The van der Waals surface area contributed by atoms with Gasteiger partial charge in [-0.1, -0.05) is 13.0 Å². The number of carbonyl (C=O) groups excluding carboxylic acids is 1. The second-order valence-corrected chi connectivity index (χ2v) is 5.28. The van der Waals surface area contributed by atoms with Crippen LogP contribution in [0, 0.1) is 0 Å². The maximum atomic E-state index is 12.7. The zero-order valence-corrected chi connectivity index (χ0v) is 13.2. The second-order valence-electron chi connectivity index (χ2n) is 5.28. The molecule has 1 aromatic heterocycles. The van der Waals surface area contributed by atoms with Gasteiger partial charge in [0.2, 0.25) is 5.95 Å². The van der Waals surface area contributed by atoms with Crippen LogP contribution in [0.2, 0.25) is 0 Å². The van der Waals surface area contributed by atoms with Crippen molar-refractivity contribution in [3.05, 3.63) is 47.8 Å². The van der Waals surface area contributed by atoms with Crippen molar-refractivity contribution in [2.75, 3.05) is 5.32 Å². The minimum absolute atomic E-state index is 0.0282. The molecule has 0 fully saturated rings. The average Bonchev–Trinajstić information content (AvgIpc) is 2.54. The standard InChI is InChI=1S/C16H17F3N4O/c1-3-10(2)22-14(24)11-8-20-15(21-9-11)23-13-6-4-5-12(7-13)16(17,18)19/h4-10H,3H2,1-2H3,(H,22,24)(H,20,21,23). The number of amides is 1. The molecule has 1 heterocycles. The van der Waals surface area contributed by atoms with E-state index < -0.39 is 11.7 Å². The molecule has 24 heavy (non-hydrogen) atoms. The summed E-state index contributed by atoms with van der Waals surface area (Å²) in [6.45, 7) is 3.83. The van der Waals surface area contributed by atoms with Gasteiger partial charge in [-0.25, -0.2) is 9.97 Å². The fourth-order valence-corrected chi connectivity index (χ4v) is 1.82. The maximum Gasteiger partial charge on any atom is 0.416 e. The molecule has 2 N–H and O–H groups in total. The molecular weight excluding hydrogens is 321 g/mol. The molecule has 0 bridgehead atoms. The molecule has 0 saturated heterocycles. The fourth-order valence-electron chi connectivity index (χ4n) is 1.82. The first-order valence-corrected chi connectivity index (χ1v) is 7.36. The maximum absolute atomic E-state index is 12.7. The molecule has 1 atom stereocenters. The molecule has 0 radical (unpaired) electrons. The largest absolute Gasteiger partial charge is 0.416 e. The van der Waals surface area contributed by atoms with Crippen molar-refractivity contribution in [1.29, 1.82) is 0 Å². The van der Waals surface area contributed by atoms with E-state index >= 15 is 0 Å². The molecule has 0 aliphatic carbocycles. The number of nitrogens with one attached hydrogen (secondary N) is 2. The predicted molar refractivity (Wildman–Crippen MR) is 84.0 cm³/mol. The fraction of sp³-hybridized carbons (Fsp3) is 0.312. The van der Waals surface area contributed by atoms with E-state index in [1.807, 2.05) is 13.8 Å². The van der Waals surface area contributed by atoms with E-state index in [1.54, 1.807) is 0 Å². The summed E-state index contributed by atoms with van der Waals surface area (Å²) in [7, 11) is 0. The lowest BCUT2D eigenvalue weighted by Gasteiger charge is -2.11. The quantitative estimate of drug-likeness (QED) is 0.871. The third kappa shape index (κ3) is 4.68. The normalized spacial score (nSPS) is 12.5. The van der Waals surface area contributed by atoms with Crippen molar-refractivity contribution in [2.45, 2.75) is 32.5 Å². The molecule has 2 aromatic rings. The van der Waals surface area contributed by atoms with E-state index in [-0.39, 0.29) is 29.1 Å². The van der Waals surface area contributed by atoms with Crippen molar-refractivity contribution in [1.82, 2.24) is 15.3 Å². The monoisotopic (exact) mass is 338 g/mol. The smallest absolute Gasteiger partial charge is 0.350 e. The van der Waals surface area contributed by atoms with Gasteiger partial charge in [-0.05, 0) is 31.5 Å². The number of carbonyl (C=O) groups is 1. The number of aromatic nitrogens is 2.